The van der Waals surface area contributed by atoms with Crippen LogP contribution in [0.5, 0.6) is 5.75 Å². The SMILES string of the molecule is CCC(OC(=O)Oc1ccc([N+](=O)[O-])cc1)(C(=O)O)C(C)C. The first-order chi connectivity index (χ1) is 10.2. The molecule has 0 saturated carbocycles. The summed E-state index contributed by atoms with van der Waals surface area (Å²) in [5, 5.41) is 19.8. The van der Waals surface area contributed by atoms with Gasteiger partial charge in [-0.3, -0.25) is 10.1 Å². The molecule has 8 nitrogen and oxygen atoms in total. The molecule has 8 heteroatoms. The van der Waals surface area contributed by atoms with Crippen molar-refractivity contribution in [1.29, 1.82) is 0 Å². The molecule has 0 aliphatic heterocycles. The zero-order chi connectivity index (χ0) is 16.9. The lowest BCUT2D eigenvalue weighted by Crippen LogP contribution is -2.48. The summed E-state index contributed by atoms with van der Waals surface area (Å²) in [6.45, 7) is 4.83. The Labute approximate surface area is 126 Å². The van der Waals surface area contributed by atoms with Crippen LogP contribution in [0.4, 0.5) is 10.5 Å². The predicted octanol–water partition coefficient (Wildman–Crippen LogP) is 3.00. The summed E-state index contributed by atoms with van der Waals surface area (Å²) in [6, 6.07) is 4.77. The molecule has 0 heterocycles. The number of aliphatic carboxylic acids is 1. The number of non-ortho nitro benzene ring substituents is 1. The fourth-order valence-electron chi connectivity index (χ4n) is 1.94. The number of nitrogens with zero attached hydrogens (tertiary/aromatic N) is 1. The highest BCUT2D eigenvalue weighted by molar-refractivity contribution is 5.81. The summed E-state index contributed by atoms with van der Waals surface area (Å²) in [6.07, 6.45) is -1.10. The summed E-state index contributed by atoms with van der Waals surface area (Å²) >= 11 is 0. The first-order valence-corrected chi connectivity index (χ1v) is 6.61. The first kappa shape index (κ1) is 17.4. The molecule has 0 spiro atoms. The standard InChI is InChI=1S/C14H17NO7/c1-4-14(9(2)3,12(16)17)22-13(18)21-11-7-5-10(6-8-11)15(19)20/h5-9H,4H2,1-3H3,(H,16,17). The van der Waals surface area contributed by atoms with E-state index >= 15 is 0 Å². The molecule has 22 heavy (non-hydrogen) atoms. The van der Waals surface area contributed by atoms with Gasteiger partial charge < -0.3 is 14.6 Å². The monoisotopic (exact) mass is 311 g/mol. The van der Waals surface area contributed by atoms with E-state index in [1.807, 2.05) is 0 Å². The third-order valence-electron chi connectivity index (χ3n) is 3.33. The lowest BCUT2D eigenvalue weighted by atomic mass is 9.87. The van der Waals surface area contributed by atoms with Crippen LogP contribution in [0, 0.1) is 16.0 Å². The quantitative estimate of drug-likeness (QED) is 0.371. The molecule has 0 fully saturated rings. The first-order valence-electron chi connectivity index (χ1n) is 6.61. The molecule has 1 aromatic carbocycles. The van der Waals surface area contributed by atoms with Crippen molar-refractivity contribution in [2.45, 2.75) is 32.8 Å². The number of hydrogen-bond acceptors (Lipinski definition) is 6. The molecule has 1 unspecified atom stereocenters. The summed E-state index contributed by atoms with van der Waals surface area (Å²) < 4.78 is 9.86. The van der Waals surface area contributed by atoms with E-state index in [-0.39, 0.29) is 17.9 Å². The summed E-state index contributed by atoms with van der Waals surface area (Å²) in [5.41, 5.74) is -1.84. The van der Waals surface area contributed by atoms with Crippen molar-refractivity contribution < 1.29 is 29.1 Å². The average Bonchev–Trinajstić information content (AvgIpc) is 2.44. The normalized spacial score (nSPS) is 13.3. The minimum Gasteiger partial charge on any atom is -0.478 e. The van der Waals surface area contributed by atoms with Gasteiger partial charge in [-0.2, -0.15) is 0 Å². The number of carbonyl (C=O) groups excluding carboxylic acids is 1. The fourth-order valence-corrected chi connectivity index (χ4v) is 1.94. The van der Waals surface area contributed by atoms with E-state index in [0.29, 0.717) is 0 Å². The predicted molar refractivity (Wildman–Crippen MR) is 75.7 cm³/mol. The second kappa shape index (κ2) is 6.88. The maximum absolute atomic E-state index is 11.8. The minimum absolute atomic E-state index is 0.0229. The molecule has 0 radical (unpaired) electrons. The third-order valence-corrected chi connectivity index (χ3v) is 3.33. The van der Waals surface area contributed by atoms with Gasteiger partial charge in [0.1, 0.15) is 5.75 Å². The van der Waals surface area contributed by atoms with E-state index in [1.165, 1.54) is 12.1 Å². The van der Waals surface area contributed by atoms with Gasteiger partial charge in [-0.25, -0.2) is 9.59 Å². The van der Waals surface area contributed by atoms with Crippen molar-refractivity contribution in [3.05, 3.63) is 34.4 Å². The van der Waals surface area contributed by atoms with E-state index in [0.717, 1.165) is 12.1 Å². The lowest BCUT2D eigenvalue weighted by molar-refractivity contribution is -0.384. The molecule has 0 bridgehead atoms. The molecule has 1 rings (SSSR count). The van der Waals surface area contributed by atoms with Crippen molar-refractivity contribution in [2.24, 2.45) is 5.92 Å². The van der Waals surface area contributed by atoms with Crippen molar-refractivity contribution in [2.75, 3.05) is 0 Å². The lowest BCUT2D eigenvalue weighted by Gasteiger charge is -2.31. The van der Waals surface area contributed by atoms with Crippen LogP contribution in [-0.2, 0) is 9.53 Å². The number of nitro groups is 1. The number of nitro benzene ring substituents is 1. The number of carboxylic acid groups (broad SMARTS) is 1. The molecule has 0 aliphatic rings. The van der Waals surface area contributed by atoms with Crippen LogP contribution in [0.1, 0.15) is 27.2 Å². The van der Waals surface area contributed by atoms with Crippen molar-refractivity contribution in [3.8, 4) is 5.75 Å². The Morgan fingerprint density at radius 2 is 1.86 bits per heavy atom. The summed E-state index contributed by atoms with van der Waals surface area (Å²) in [7, 11) is 0. The Bertz CT molecular complexity index is 567. The molecule has 0 saturated heterocycles. The summed E-state index contributed by atoms with van der Waals surface area (Å²) in [4.78, 5) is 33.1. The van der Waals surface area contributed by atoms with Gasteiger partial charge in [-0.05, 0) is 18.6 Å². The second-order valence-electron chi connectivity index (χ2n) is 4.91. The summed E-state index contributed by atoms with van der Waals surface area (Å²) in [5.74, 6) is -1.69. The maximum atomic E-state index is 11.8. The molecule has 0 aliphatic carbocycles. The topological polar surface area (TPSA) is 116 Å². The van der Waals surface area contributed by atoms with Crippen molar-refractivity contribution >= 4 is 17.8 Å². The van der Waals surface area contributed by atoms with Crippen LogP contribution in [-0.4, -0.2) is 27.8 Å². The Hall–Kier alpha value is -2.64. The Morgan fingerprint density at radius 1 is 1.32 bits per heavy atom. The van der Waals surface area contributed by atoms with E-state index in [1.54, 1.807) is 20.8 Å². The largest absolute Gasteiger partial charge is 0.514 e. The maximum Gasteiger partial charge on any atom is 0.514 e. The molecular formula is C14H17NO7. The zero-order valence-electron chi connectivity index (χ0n) is 12.4. The number of carbonyl (C=O) groups is 2. The molecule has 1 aromatic rings. The zero-order valence-corrected chi connectivity index (χ0v) is 12.4. The van der Waals surface area contributed by atoms with E-state index in [2.05, 4.69) is 0 Å². The number of hydrogen-bond donors (Lipinski definition) is 1. The molecule has 120 valence electrons. The molecule has 1 N–H and O–H groups in total. The van der Waals surface area contributed by atoms with Crippen molar-refractivity contribution in [1.82, 2.24) is 0 Å². The van der Waals surface area contributed by atoms with Gasteiger partial charge in [0.05, 0.1) is 4.92 Å². The number of benzene rings is 1. The number of carboxylic acids is 1. The van der Waals surface area contributed by atoms with Gasteiger partial charge >= 0.3 is 12.1 Å². The van der Waals surface area contributed by atoms with Crippen LogP contribution >= 0.6 is 0 Å². The molecule has 0 amide bonds. The van der Waals surface area contributed by atoms with E-state index in [9.17, 15) is 24.8 Å². The van der Waals surface area contributed by atoms with Gasteiger partial charge in [0.2, 0.25) is 5.60 Å². The molecular weight excluding hydrogens is 294 g/mol. The average molecular weight is 311 g/mol. The smallest absolute Gasteiger partial charge is 0.478 e. The van der Waals surface area contributed by atoms with E-state index < -0.39 is 28.6 Å². The van der Waals surface area contributed by atoms with Crippen LogP contribution in [0.3, 0.4) is 0 Å². The van der Waals surface area contributed by atoms with Gasteiger partial charge in [-0.15, -0.1) is 0 Å². The fraction of sp³-hybridized carbons (Fsp3) is 0.429. The van der Waals surface area contributed by atoms with Crippen LogP contribution in [0.25, 0.3) is 0 Å². The Kier molecular flexibility index (Phi) is 5.44. The molecule has 0 aromatic heterocycles. The Balaban J connectivity index is 2.84. The minimum atomic E-state index is -1.68. The molecule has 1 atom stereocenters. The van der Waals surface area contributed by atoms with Crippen LogP contribution in [0.2, 0.25) is 0 Å². The second-order valence-corrected chi connectivity index (χ2v) is 4.91. The van der Waals surface area contributed by atoms with Crippen LogP contribution in [0.15, 0.2) is 24.3 Å². The number of ether oxygens (including phenoxy) is 2. The van der Waals surface area contributed by atoms with Gasteiger partial charge in [0.25, 0.3) is 5.69 Å². The van der Waals surface area contributed by atoms with Crippen LogP contribution < -0.4 is 4.74 Å². The third kappa shape index (κ3) is 3.72. The number of rotatable bonds is 6. The van der Waals surface area contributed by atoms with Gasteiger partial charge in [0, 0.05) is 18.1 Å². The highest BCUT2D eigenvalue weighted by Crippen LogP contribution is 2.27. The Morgan fingerprint density at radius 3 is 2.23 bits per heavy atom. The van der Waals surface area contributed by atoms with Gasteiger partial charge in [-0.1, -0.05) is 20.8 Å². The van der Waals surface area contributed by atoms with E-state index in [4.69, 9.17) is 9.47 Å². The van der Waals surface area contributed by atoms with Gasteiger partial charge in [0.15, 0.2) is 0 Å². The highest BCUT2D eigenvalue weighted by Gasteiger charge is 2.45. The highest BCUT2D eigenvalue weighted by atomic mass is 16.7. The van der Waals surface area contributed by atoms with Crippen molar-refractivity contribution in [3.63, 3.8) is 0 Å².